The molecule has 1 aliphatic rings. The highest BCUT2D eigenvalue weighted by Crippen LogP contribution is 2.32. The van der Waals surface area contributed by atoms with Crippen molar-refractivity contribution in [2.45, 2.75) is 46.1 Å². The lowest BCUT2D eigenvalue weighted by Gasteiger charge is -2.20. The molecule has 1 unspecified atom stereocenters. The van der Waals surface area contributed by atoms with Gasteiger partial charge in [0.25, 0.3) is 0 Å². The number of aliphatic carboxylic acids is 1. The molecule has 1 rings (SSSR count). The molecule has 4 heteroatoms. The summed E-state index contributed by atoms with van der Waals surface area (Å²) in [4.78, 5) is 22.3. The van der Waals surface area contributed by atoms with Crippen molar-refractivity contribution in [3.63, 3.8) is 0 Å². The SMILES string of the molecule is CC(NC(=O)CC(C)(C)C(=O)O)C1CC1. The van der Waals surface area contributed by atoms with Crippen molar-refractivity contribution in [3.05, 3.63) is 0 Å². The lowest BCUT2D eigenvalue weighted by Crippen LogP contribution is -2.38. The lowest BCUT2D eigenvalue weighted by atomic mass is 9.89. The van der Waals surface area contributed by atoms with Crippen LogP contribution in [-0.4, -0.2) is 23.0 Å². The van der Waals surface area contributed by atoms with Crippen LogP contribution in [0, 0.1) is 11.3 Å². The molecule has 1 atom stereocenters. The second-order valence-corrected chi connectivity index (χ2v) is 5.06. The Morgan fingerprint density at radius 2 is 2.00 bits per heavy atom. The van der Waals surface area contributed by atoms with Crippen LogP contribution < -0.4 is 5.32 Å². The Labute approximate surface area is 90.0 Å². The number of carbonyl (C=O) groups excluding carboxylic acids is 1. The number of hydrogen-bond acceptors (Lipinski definition) is 2. The van der Waals surface area contributed by atoms with Crippen LogP contribution in [0.5, 0.6) is 0 Å². The van der Waals surface area contributed by atoms with E-state index in [4.69, 9.17) is 5.11 Å². The summed E-state index contributed by atoms with van der Waals surface area (Å²) in [5.74, 6) is -0.500. The number of rotatable bonds is 5. The number of hydrogen-bond donors (Lipinski definition) is 2. The fraction of sp³-hybridized carbons (Fsp3) is 0.818. The molecule has 0 aromatic heterocycles. The molecule has 0 radical (unpaired) electrons. The molecule has 1 fully saturated rings. The quantitative estimate of drug-likeness (QED) is 0.725. The second kappa shape index (κ2) is 4.21. The summed E-state index contributed by atoms with van der Waals surface area (Å²) in [5.41, 5.74) is -0.979. The summed E-state index contributed by atoms with van der Waals surface area (Å²) in [6.07, 6.45) is 2.38. The van der Waals surface area contributed by atoms with Crippen LogP contribution in [0.25, 0.3) is 0 Å². The highest BCUT2D eigenvalue weighted by molar-refractivity contribution is 5.84. The first kappa shape index (κ1) is 12.0. The van der Waals surface area contributed by atoms with E-state index in [1.807, 2.05) is 6.92 Å². The molecule has 0 bridgehead atoms. The Balaban J connectivity index is 2.37. The van der Waals surface area contributed by atoms with E-state index in [-0.39, 0.29) is 18.4 Å². The van der Waals surface area contributed by atoms with Crippen molar-refractivity contribution >= 4 is 11.9 Å². The van der Waals surface area contributed by atoms with Gasteiger partial charge in [-0.1, -0.05) is 0 Å². The summed E-state index contributed by atoms with van der Waals surface area (Å²) in [7, 11) is 0. The summed E-state index contributed by atoms with van der Waals surface area (Å²) in [6.45, 7) is 5.11. The standard InChI is InChI=1S/C11H19NO3/c1-7(8-4-5-8)12-9(13)6-11(2,3)10(14)15/h7-8H,4-6H2,1-3H3,(H,12,13)(H,14,15). The van der Waals surface area contributed by atoms with Crippen molar-refractivity contribution in [3.8, 4) is 0 Å². The van der Waals surface area contributed by atoms with Crippen LogP contribution in [0.4, 0.5) is 0 Å². The fourth-order valence-electron chi connectivity index (χ4n) is 1.50. The van der Waals surface area contributed by atoms with Crippen LogP contribution in [0.1, 0.15) is 40.0 Å². The van der Waals surface area contributed by atoms with Gasteiger partial charge in [-0.25, -0.2) is 0 Å². The minimum absolute atomic E-state index is 0.0411. The average molecular weight is 213 g/mol. The van der Waals surface area contributed by atoms with Gasteiger partial charge >= 0.3 is 5.97 Å². The van der Waals surface area contributed by atoms with Crippen molar-refractivity contribution in [1.82, 2.24) is 5.32 Å². The monoisotopic (exact) mass is 213 g/mol. The highest BCUT2D eigenvalue weighted by atomic mass is 16.4. The maximum atomic E-state index is 11.5. The molecular weight excluding hydrogens is 194 g/mol. The van der Waals surface area contributed by atoms with Crippen molar-refractivity contribution in [2.75, 3.05) is 0 Å². The summed E-state index contributed by atoms with van der Waals surface area (Å²) in [6, 6.07) is 0.182. The van der Waals surface area contributed by atoms with Gasteiger partial charge < -0.3 is 10.4 Å². The van der Waals surface area contributed by atoms with Gasteiger partial charge in [-0.2, -0.15) is 0 Å². The molecule has 1 aliphatic carbocycles. The molecule has 86 valence electrons. The van der Waals surface area contributed by atoms with E-state index in [0.717, 1.165) is 0 Å². The highest BCUT2D eigenvalue weighted by Gasteiger charge is 2.33. The molecule has 0 aliphatic heterocycles. The summed E-state index contributed by atoms with van der Waals surface area (Å²) >= 11 is 0. The Kier molecular flexibility index (Phi) is 3.37. The van der Waals surface area contributed by atoms with Gasteiger partial charge in [0.2, 0.25) is 5.91 Å². The van der Waals surface area contributed by atoms with Crippen molar-refractivity contribution in [1.29, 1.82) is 0 Å². The maximum Gasteiger partial charge on any atom is 0.309 e. The van der Waals surface area contributed by atoms with E-state index in [2.05, 4.69) is 5.32 Å². The van der Waals surface area contributed by atoms with Crippen LogP contribution in [0.15, 0.2) is 0 Å². The minimum atomic E-state index is -0.979. The van der Waals surface area contributed by atoms with Gasteiger partial charge in [-0.3, -0.25) is 9.59 Å². The van der Waals surface area contributed by atoms with E-state index >= 15 is 0 Å². The van der Waals surface area contributed by atoms with Gasteiger partial charge in [-0.05, 0) is 39.5 Å². The molecule has 0 aromatic rings. The minimum Gasteiger partial charge on any atom is -0.481 e. The van der Waals surface area contributed by atoms with Crippen LogP contribution >= 0.6 is 0 Å². The zero-order valence-electron chi connectivity index (χ0n) is 9.54. The predicted octanol–water partition coefficient (Wildman–Crippen LogP) is 1.40. The van der Waals surface area contributed by atoms with E-state index < -0.39 is 11.4 Å². The molecule has 0 saturated heterocycles. The molecule has 1 saturated carbocycles. The molecule has 1 amide bonds. The summed E-state index contributed by atoms with van der Waals surface area (Å²) < 4.78 is 0. The fourth-order valence-corrected chi connectivity index (χ4v) is 1.50. The molecular formula is C11H19NO3. The number of carboxylic acid groups (broad SMARTS) is 1. The molecule has 15 heavy (non-hydrogen) atoms. The Morgan fingerprint density at radius 1 is 1.47 bits per heavy atom. The Bertz CT molecular complexity index is 269. The second-order valence-electron chi connectivity index (χ2n) is 5.06. The first-order valence-electron chi connectivity index (χ1n) is 5.35. The Morgan fingerprint density at radius 3 is 2.40 bits per heavy atom. The smallest absolute Gasteiger partial charge is 0.309 e. The molecule has 0 spiro atoms. The topological polar surface area (TPSA) is 66.4 Å². The first-order chi connectivity index (χ1) is 6.83. The van der Waals surface area contributed by atoms with Gasteiger partial charge in [0.15, 0.2) is 0 Å². The van der Waals surface area contributed by atoms with Gasteiger partial charge in [0.05, 0.1) is 5.41 Å². The number of amides is 1. The first-order valence-corrected chi connectivity index (χ1v) is 5.35. The van der Waals surface area contributed by atoms with Gasteiger partial charge in [0, 0.05) is 12.5 Å². The van der Waals surface area contributed by atoms with Gasteiger partial charge in [-0.15, -0.1) is 0 Å². The third kappa shape index (κ3) is 3.53. The predicted molar refractivity (Wildman–Crippen MR) is 56.4 cm³/mol. The zero-order valence-corrected chi connectivity index (χ0v) is 9.54. The molecule has 0 aromatic carbocycles. The summed E-state index contributed by atoms with van der Waals surface area (Å²) in [5, 5.41) is 11.7. The normalized spacial score (nSPS) is 18.3. The largest absolute Gasteiger partial charge is 0.481 e. The van der Waals surface area contributed by atoms with E-state index in [0.29, 0.717) is 5.92 Å². The number of carboxylic acids is 1. The van der Waals surface area contributed by atoms with Crippen LogP contribution in [-0.2, 0) is 9.59 Å². The lowest BCUT2D eigenvalue weighted by molar-refractivity contribution is -0.149. The van der Waals surface area contributed by atoms with Crippen molar-refractivity contribution in [2.24, 2.45) is 11.3 Å². The third-order valence-corrected chi connectivity index (χ3v) is 2.90. The van der Waals surface area contributed by atoms with Gasteiger partial charge in [0.1, 0.15) is 0 Å². The van der Waals surface area contributed by atoms with Crippen molar-refractivity contribution < 1.29 is 14.7 Å². The number of nitrogens with one attached hydrogen (secondary N) is 1. The maximum absolute atomic E-state index is 11.5. The molecule has 4 nitrogen and oxygen atoms in total. The molecule has 0 heterocycles. The van der Waals surface area contributed by atoms with Crippen LogP contribution in [0.2, 0.25) is 0 Å². The molecule has 2 N–H and O–H groups in total. The average Bonchev–Trinajstić information content (AvgIpc) is 2.83. The van der Waals surface area contributed by atoms with E-state index in [1.54, 1.807) is 13.8 Å². The van der Waals surface area contributed by atoms with Crippen LogP contribution in [0.3, 0.4) is 0 Å². The third-order valence-electron chi connectivity index (χ3n) is 2.90. The zero-order chi connectivity index (χ0) is 11.6. The van der Waals surface area contributed by atoms with E-state index in [9.17, 15) is 9.59 Å². The number of carbonyl (C=O) groups is 2. The van der Waals surface area contributed by atoms with E-state index in [1.165, 1.54) is 12.8 Å². The Hall–Kier alpha value is -1.06.